The van der Waals surface area contributed by atoms with E-state index < -0.39 is 5.91 Å². The fourth-order valence-electron chi connectivity index (χ4n) is 4.67. The van der Waals surface area contributed by atoms with E-state index in [4.69, 9.17) is 15.5 Å². The van der Waals surface area contributed by atoms with Crippen LogP contribution in [0.15, 0.2) is 41.8 Å². The van der Waals surface area contributed by atoms with Gasteiger partial charge in [0.2, 0.25) is 11.9 Å². The largest absolute Gasteiger partial charge is 0.489 e. The van der Waals surface area contributed by atoms with Crippen LogP contribution in [0.4, 0.5) is 11.6 Å². The van der Waals surface area contributed by atoms with Crippen LogP contribution in [-0.2, 0) is 7.05 Å². The second-order valence-electron chi connectivity index (χ2n) is 9.48. The highest BCUT2D eigenvalue weighted by Crippen LogP contribution is 2.48. The van der Waals surface area contributed by atoms with Gasteiger partial charge >= 0.3 is 0 Å². The molecule has 1 saturated heterocycles. The summed E-state index contributed by atoms with van der Waals surface area (Å²) in [5, 5.41) is 3.42. The molecule has 2 aromatic carbocycles. The summed E-state index contributed by atoms with van der Waals surface area (Å²) in [7, 11) is 4.24. The molecule has 35 heavy (non-hydrogen) atoms. The fourth-order valence-corrected chi connectivity index (χ4v) is 5.86. The number of anilines is 2. The number of primary amides is 1. The van der Waals surface area contributed by atoms with Gasteiger partial charge in [-0.2, -0.15) is 0 Å². The van der Waals surface area contributed by atoms with Gasteiger partial charge in [0.05, 0.1) is 22.8 Å². The molecule has 5 rings (SSSR count). The number of aryl methyl sites for hydroxylation is 1. The third kappa shape index (κ3) is 4.34. The van der Waals surface area contributed by atoms with Crippen molar-refractivity contribution < 1.29 is 9.53 Å². The summed E-state index contributed by atoms with van der Waals surface area (Å²) in [6.45, 7) is 12.4. The quantitative estimate of drug-likeness (QED) is 0.542. The van der Waals surface area contributed by atoms with Crippen LogP contribution in [0.5, 0.6) is 5.75 Å². The number of likely N-dealkylation sites (N-methyl/N-ethyl adjacent to an activating group) is 1. The number of amides is 1. The lowest BCUT2D eigenvalue weighted by Gasteiger charge is -2.32. The van der Waals surface area contributed by atoms with E-state index in [0.717, 1.165) is 64.9 Å². The van der Waals surface area contributed by atoms with Crippen LogP contribution in [-0.4, -0.2) is 65.1 Å². The molecule has 1 unspecified atom stereocenters. The van der Waals surface area contributed by atoms with Gasteiger partial charge in [0, 0.05) is 49.2 Å². The molecule has 0 bridgehead atoms. The van der Waals surface area contributed by atoms with Crippen LogP contribution < -0.4 is 20.7 Å². The molecule has 184 valence electrons. The van der Waals surface area contributed by atoms with E-state index in [9.17, 15) is 4.79 Å². The molecule has 8 nitrogen and oxygen atoms in total. The van der Waals surface area contributed by atoms with Gasteiger partial charge in [-0.3, -0.25) is 4.79 Å². The van der Waals surface area contributed by atoms with Crippen LogP contribution in [0.25, 0.3) is 16.6 Å². The number of aromatic nitrogens is 2. The zero-order chi connectivity index (χ0) is 24.9. The summed E-state index contributed by atoms with van der Waals surface area (Å²) < 4.78 is 8.17. The average Bonchev–Trinajstić information content (AvgIpc) is 3.31. The summed E-state index contributed by atoms with van der Waals surface area (Å²) >= 11 is 1.69. The Morgan fingerprint density at radius 3 is 2.63 bits per heavy atom. The van der Waals surface area contributed by atoms with E-state index in [2.05, 4.69) is 52.5 Å². The molecule has 9 heteroatoms. The maximum atomic E-state index is 11.8. The van der Waals surface area contributed by atoms with E-state index in [1.165, 1.54) is 0 Å². The smallest absolute Gasteiger partial charge is 0.248 e. The second kappa shape index (κ2) is 9.13. The molecular weight excluding hydrogens is 460 g/mol. The molecule has 0 spiro atoms. The molecule has 3 heterocycles. The van der Waals surface area contributed by atoms with E-state index in [1.807, 2.05) is 13.8 Å². The number of nitrogens with zero attached hydrogens (tertiary/aromatic N) is 4. The molecule has 2 aliphatic heterocycles. The van der Waals surface area contributed by atoms with Crippen LogP contribution in [0.3, 0.4) is 0 Å². The van der Waals surface area contributed by atoms with Gasteiger partial charge in [-0.05, 0) is 56.8 Å². The van der Waals surface area contributed by atoms with E-state index in [1.54, 1.807) is 30.0 Å². The summed E-state index contributed by atoms with van der Waals surface area (Å²) in [5.41, 5.74) is 10.8. The Balaban J connectivity index is 1.47. The Bertz CT molecular complexity index is 1310. The molecule has 1 aromatic heterocycles. The summed E-state index contributed by atoms with van der Waals surface area (Å²) in [4.78, 5) is 22.8. The number of hydrogen-bond acceptors (Lipinski definition) is 7. The molecule has 3 aromatic rings. The first-order valence-corrected chi connectivity index (χ1v) is 12.8. The number of rotatable bonds is 6. The number of hydrogen-bond donors (Lipinski definition) is 2. The first-order chi connectivity index (χ1) is 16.7. The molecule has 1 amide bonds. The van der Waals surface area contributed by atoms with E-state index in [-0.39, 0.29) is 11.5 Å². The van der Waals surface area contributed by atoms with Crippen LogP contribution >= 0.6 is 11.8 Å². The maximum Gasteiger partial charge on any atom is 0.248 e. The Labute approximate surface area is 210 Å². The van der Waals surface area contributed by atoms with Crippen LogP contribution in [0.2, 0.25) is 0 Å². The van der Waals surface area contributed by atoms with Gasteiger partial charge in [0.15, 0.2) is 0 Å². The van der Waals surface area contributed by atoms with Crippen LogP contribution in [0.1, 0.15) is 29.8 Å². The number of nitrogens with one attached hydrogen (secondary N) is 1. The zero-order valence-corrected chi connectivity index (χ0v) is 21.5. The van der Waals surface area contributed by atoms with Crippen molar-refractivity contribution >= 4 is 45.9 Å². The number of thioether (sulfide) groups is 1. The van der Waals surface area contributed by atoms with Gasteiger partial charge in [-0.25, -0.2) is 4.98 Å². The first-order valence-electron chi connectivity index (χ1n) is 11.9. The molecule has 0 aliphatic carbocycles. The number of carbonyl (C=O) groups excluding carboxylic acids is 1. The lowest BCUT2D eigenvalue weighted by Crippen LogP contribution is -2.45. The standard InChI is InChI=1S/C26H32N6O2S/c1-15(2)34-20-8-6-17(24(27)33)14-18(20)28-25-16(3)22-21(35-25)9-7-19-23(22)29-26(31(19)5)32-12-10-30(4)11-13-32/h6-9,14-15,25,28H,3,10-13H2,1-2,4-5H3,(H2,27,33). The molecule has 3 N–H and O–H groups in total. The highest BCUT2D eigenvalue weighted by atomic mass is 32.2. The van der Waals surface area contributed by atoms with Crippen molar-refractivity contribution in [3.8, 4) is 5.75 Å². The predicted molar refractivity (Wildman–Crippen MR) is 143 cm³/mol. The lowest BCUT2D eigenvalue weighted by molar-refractivity contribution is 0.100. The average molecular weight is 493 g/mol. The Hall–Kier alpha value is -3.17. The normalized spacial score (nSPS) is 18.4. The highest BCUT2D eigenvalue weighted by Gasteiger charge is 2.31. The second-order valence-corrected chi connectivity index (χ2v) is 10.6. The number of carbonyl (C=O) groups is 1. The highest BCUT2D eigenvalue weighted by molar-refractivity contribution is 8.01. The number of imidazole rings is 1. The fraction of sp³-hybridized carbons (Fsp3) is 0.385. The van der Waals surface area contributed by atoms with Crippen molar-refractivity contribution in [2.45, 2.75) is 30.2 Å². The van der Waals surface area contributed by atoms with Gasteiger partial charge in [-0.15, -0.1) is 0 Å². The van der Waals surface area contributed by atoms with Crippen molar-refractivity contribution in [2.24, 2.45) is 12.8 Å². The monoisotopic (exact) mass is 492 g/mol. The Morgan fingerprint density at radius 2 is 1.94 bits per heavy atom. The molecule has 1 atom stereocenters. The van der Waals surface area contributed by atoms with Gasteiger partial charge in [-0.1, -0.05) is 18.3 Å². The number of ether oxygens (including phenoxy) is 1. The van der Waals surface area contributed by atoms with Crippen molar-refractivity contribution in [3.63, 3.8) is 0 Å². The Kier molecular flexibility index (Phi) is 6.14. The van der Waals surface area contributed by atoms with Gasteiger partial charge in [0.1, 0.15) is 11.1 Å². The number of fused-ring (bicyclic) bond motifs is 3. The topological polar surface area (TPSA) is 88.7 Å². The van der Waals surface area contributed by atoms with Crippen molar-refractivity contribution in [2.75, 3.05) is 43.4 Å². The molecule has 1 fully saturated rings. The van der Waals surface area contributed by atoms with E-state index in [0.29, 0.717) is 11.3 Å². The minimum Gasteiger partial charge on any atom is -0.489 e. The zero-order valence-electron chi connectivity index (χ0n) is 20.7. The van der Waals surface area contributed by atoms with Gasteiger partial charge in [0.25, 0.3) is 0 Å². The van der Waals surface area contributed by atoms with Crippen LogP contribution in [0, 0.1) is 0 Å². The summed E-state index contributed by atoms with van der Waals surface area (Å²) in [6, 6.07) is 9.52. The number of benzene rings is 2. The maximum absolute atomic E-state index is 11.8. The first kappa shape index (κ1) is 23.6. The molecular formula is C26H32N6O2S. The minimum absolute atomic E-state index is 0.00672. The predicted octanol–water partition coefficient (Wildman–Crippen LogP) is 3.77. The molecule has 0 radical (unpaired) electrons. The van der Waals surface area contributed by atoms with E-state index >= 15 is 0 Å². The Morgan fingerprint density at radius 1 is 1.20 bits per heavy atom. The summed E-state index contributed by atoms with van der Waals surface area (Å²) in [6.07, 6.45) is -0.00672. The number of piperazine rings is 1. The number of nitrogens with two attached hydrogens (primary N) is 1. The third-order valence-corrected chi connectivity index (χ3v) is 7.81. The molecule has 0 saturated carbocycles. The van der Waals surface area contributed by atoms with Crippen molar-refractivity contribution in [1.29, 1.82) is 0 Å². The van der Waals surface area contributed by atoms with Gasteiger partial charge < -0.3 is 30.2 Å². The molecule has 2 aliphatic rings. The lowest BCUT2D eigenvalue weighted by atomic mass is 10.1. The minimum atomic E-state index is -0.475. The summed E-state index contributed by atoms with van der Waals surface area (Å²) in [5.74, 6) is 1.20. The third-order valence-electron chi connectivity index (χ3n) is 6.57. The van der Waals surface area contributed by atoms with Crippen molar-refractivity contribution in [3.05, 3.63) is 48.0 Å². The van der Waals surface area contributed by atoms with Crippen molar-refractivity contribution in [1.82, 2.24) is 14.5 Å². The SMILES string of the molecule is C=C1c2c(ccc3c2nc(N2CCN(C)CC2)n3C)SC1Nc1cc(C(N)=O)ccc1OC(C)C.